The summed E-state index contributed by atoms with van der Waals surface area (Å²) in [6.07, 6.45) is -2.19. The van der Waals surface area contributed by atoms with Gasteiger partial charge in [-0.1, -0.05) is 30.3 Å². The molecular weight excluding hydrogens is 190 g/mol. The van der Waals surface area contributed by atoms with Gasteiger partial charge in [0.15, 0.2) is 0 Å². The Kier molecular flexibility index (Phi) is 3.56. The normalized spacial score (nSPS) is 14.7. The van der Waals surface area contributed by atoms with Crippen molar-refractivity contribution in [2.24, 2.45) is 0 Å². The van der Waals surface area contributed by atoms with E-state index >= 15 is 0 Å². The first-order chi connectivity index (χ1) is 6.66. The number of rotatable bonds is 4. The summed E-state index contributed by atoms with van der Waals surface area (Å²) in [6, 6.07) is 7.96. The molecular formula is C10H10F2O2. The maximum absolute atomic E-state index is 13.0. The first kappa shape index (κ1) is 10.6. The van der Waals surface area contributed by atoms with Gasteiger partial charge in [-0.05, 0) is 5.56 Å². The summed E-state index contributed by atoms with van der Waals surface area (Å²) in [6.45, 7) is -1.02. The predicted molar refractivity (Wildman–Crippen MR) is 47.7 cm³/mol. The molecule has 0 aromatic heterocycles. The topological polar surface area (TPSA) is 37.3 Å². The van der Waals surface area contributed by atoms with Gasteiger partial charge in [0.05, 0.1) is 12.6 Å². The lowest BCUT2D eigenvalue weighted by molar-refractivity contribution is -0.143. The van der Waals surface area contributed by atoms with Crippen LogP contribution in [0.5, 0.6) is 0 Å². The van der Waals surface area contributed by atoms with Gasteiger partial charge >= 0.3 is 5.97 Å². The fourth-order valence-corrected chi connectivity index (χ4v) is 1.21. The molecule has 0 amide bonds. The molecule has 0 radical (unpaired) electrons. The van der Waals surface area contributed by atoms with Crippen LogP contribution in [0.2, 0.25) is 0 Å². The van der Waals surface area contributed by atoms with Crippen LogP contribution in [0.4, 0.5) is 8.78 Å². The summed E-state index contributed by atoms with van der Waals surface area (Å²) in [7, 11) is 0. The van der Waals surface area contributed by atoms with Crippen molar-refractivity contribution in [3.8, 4) is 0 Å². The predicted octanol–water partition coefficient (Wildman–Crippen LogP) is 2.16. The zero-order valence-corrected chi connectivity index (χ0v) is 7.36. The highest BCUT2D eigenvalue weighted by molar-refractivity contribution is 5.73. The van der Waals surface area contributed by atoms with E-state index in [-0.39, 0.29) is 0 Å². The van der Waals surface area contributed by atoms with Crippen molar-refractivity contribution in [2.45, 2.75) is 12.1 Å². The van der Waals surface area contributed by atoms with Crippen molar-refractivity contribution in [1.29, 1.82) is 0 Å². The molecule has 0 heterocycles. The Morgan fingerprint density at radius 3 is 2.36 bits per heavy atom. The number of halogens is 2. The molecule has 1 aromatic carbocycles. The molecule has 0 aliphatic carbocycles. The number of alkyl halides is 2. The molecule has 0 saturated carbocycles. The molecule has 14 heavy (non-hydrogen) atoms. The SMILES string of the molecule is O=C(O)C(F)C(CF)c1ccccc1. The number of carboxylic acids is 1. The van der Waals surface area contributed by atoms with Crippen LogP contribution in [0.1, 0.15) is 11.5 Å². The van der Waals surface area contributed by atoms with Gasteiger partial charge in [0.1, 0.15) is 0 Å². The lowest BCUT2D eigenvalue weighted by atomic mass is 9.96. The zero-order valence-electron chi connectivity index (χ0n) is 7.36. The summed E-state index contributed by atoms with van der Waals surface area (Å²) in [5.41, 5.74) is 0.366. The lowest BCUT2D eigenvalue weighted by Gasteiger charge is -2.14. The van der Waals surface area contributed by atoms with E-state index in [0.29, 0.717) is 5.56 Å². The average Bonchev–Trinajstić information content (AvgIpc) is 2.20. The first-order valence-electron chi connectivity index (χ1n) is 4.14. The standard InChI is InChI=1S/C10H10F2O2/c11-6-8(9(12)10(13)14)7-4-2-1-3-5-7/h1-5,8-9H,6H2,(H,13,14). The molecule has 0 saturated heterocycles. The second kappa shape index (κ2) is 4.69. The Morgan fingerprint density at radius 1 is 1.36 bits per heavy atom. The molecule has 0 fully saturated rings. The van der Waals surface area contributed by atoms with Gasteiger partial charge in [-0.3, -0.25) is 4.39 Å². The summed E-state index contributed by atoms with van der Waals surface area (Å²) >= 11 is 0. The number of hydrogen-bond donors (Lipinski definition) is 1. The fraction of sp³-hybridized carbons (Fsp3) is 0.300. The second-order valence-corrected chi connectivity index (χ2v) is 2.91. The first-order valence-corrected chi connectivity index (χ1v) is 4.14. The van der Waals surface area contributed by atoms with Gasteiger partial charge in [0.25, 0.3) is 0 Å². The third-order valence-corrected chi connectivity index (χ3v) is 1.98. The van der Waals surface area contributed by atoms with Gasteiger partial charge in [-0.2, -0.15) is 0 Å². The highest BCUT2D eigenvalue weighted by Gasteiger charge is 2.28. The quantitative estimate of drug-likeness (QED) is 0.808. The third kappa shape index (κ3) is 2.28. The van der Waals surface area contributed by atoms with Crippen molar-refractivity contribution < 1.29 is 18.7 Å². The average molecular weight is 200 g/mol. The fourth-order valence-electron chi connectivity index (χ4n) is 1.21. The molecule has 4 heteroatoms. The molecule has 0 aliphatic heterocycles. The third-order valence-electron chi connectivity index (χ3n) is 1.98. The van der Waals surface area contributed by atoms with Gasteiger partial charge in [-0.25, -0.2) is 9.18 Å². The molecule has 0 bridgehead atoms. The van der Waals surface area contributed by atoms with Crippen LogP contribution in [-0.4, -0.2) is 23.9 Å². The van der Waals surface area contributed by atoms with Crippen LogP contribution in [-0.2, 0) is 4.79 Å². The number of carbonyl (C=O) groups is 1. The van der Waals surface area contributed by atoms with Gasteiger partial charge < -0.3 is 5.11 Å². The smallest absolute Gasteiger partial charge is 0.339 e. The number of hydrogen-bond acceptors (Lipinski definition) is 1. The molecule has 0 aliphatic rings. The van der Waals surface area contributed by atoms with E-state index in [4.69, 9.17) is 5.11 Å². The molecule has 2 unspecified atom stereocenters. The van der Waals surface area contributed by atoms with E-state index in [2.05, 4.69) is 0 Å². The van der Waals surface area contributed by atoms with E-state index in [0.717, 1.165) is 0 Å². The van der Waals surface area contributed by atoms with Crippen LogP contribution < -0.4 is 0 Å². The minimum Gasteiger partial charge on any atom is -0.479 e. The summed E-state index contributed by atoms with van der Waals surface area (Å²) < 4.78 is 25.5. The van der Waals surface area contributed by atoms with Crippen LogP contribution >= 0.6 is 0 Å². The van der Waals surface area contributed by atoms with Gasteiger partial charge in [0.2, 0.25) is 6.17 Å². The van der Waals surface area contributed by atoms with E-state index in [1.54, 1.807) is 18.2 Å². The maximum Gasteiger partial charge on any atom is 0.339 e. The number of benzene rings is 1. The molecule has 0 spiro atoms. The zero-order chi connectivity index (χ0) is 10.6. The number of carboxylic acid groups (broad SMARTS) is 1. The molecule has 76 valence electrons. The Bertz CT molecular complexity index is 300. The maximum atomic E-state index is 13.0. The molecule has 1 rings (SSSR count). The Morgan fingerprint density at radius 2 is 1.93 bits per heavy atom. The minimum atomic E-state index is -2.19. The Balaban J connectivity index is 2.87. The van der Waals surface area contributed by atoms with Crippen LogP contribution in [0, 0.1) is 0 Å². The van der Waals surface area contributed by atoms with Crippen molar-refractivity contribution in [1.82, 2.24) is 0 Å². The monoisotopic (exact) mass is 200 g/mol. The van der Waals surface area contributed by atoms with E-state index in [9.17, 15) is 13.6 Å². The van der Waals surface area contributed by atoms with Crippen LogP contribution in [0.3, 0.4) is 0 Å². The summed E-state index contributed by atoms with van der Waals surface area (Å²) in [5, 5.41) is 8.40. The largest absolute Gasteiger partial charge is 0.479 e. The molecule has 1 aromatic rings. The van der Waals surface area contributed by atoms with Crippen molar-refractivity contribution in [3.05, 3.63) is 35.9 Å². The minimum absolute atomic E-state index is 0.366. The lowest BCUT2D eigenvalue weighted by Crippen LogP contribution is -2.24. The second-order valence-electron chi connectivity index (χ2n) is 2.91. The van der Waals surface area contributed by atoms with Crippen molar-refractivity contribution in [3.63, 3.8) is 0 Å². The van der Waals surface area contributed by atoms with Crippen LogP contribution in [0.25, 0.3) is 0 Å². The van der Waals surface area contributed by atoms with E-state index in [1.807, 2.05) is 0 Å². The van der Waals surface area contributed by atoms with Crippen LogP contribution in [0.15, 0.2) is 30.3 Å². The molecule has 2 nitrogen and oxygen atoms in total. The van der Waals surface area contributed by atoms with Gasteiger partial charge in [0, 0.05) is 0 Å². The molecule has 2 atom stereocenters. The highest BCUT2D eigenvalue weighted by Crippen LogP contribution is 2.22. The molecule has 1 N–H and O–H groups in total. The Hall–Kier alpha value is -1.45. The highest BCUT2D eigenvalue weighted by atomic mass is 19.1. The Labute approximate surface area is 80.2 Å². The van der Waals surface area contributed by atoms with E-state index in [1.165, 1.54) is 12.1 Å². The summed E-state index contributed by atoms with van der Waals surface area (Å²) in [4.78, 5) is 10.3. The van der Waals surface area contributed by atoms with Gasteiger partial charge in [-0.15, -0.1) is 0 Å². The van der Waals surface area contributed by atoms with E-state index < -0.39 is 24.7 Å². The number of aliphatic carboxylic acids is 1. The van der Waals surface area contributed by atoms with Crippen molar-refractivity contribution >= 4 is 5.97 Å². The van der Waals surface area contributed by atoms with Crippen molar-refractivity contribution in [2.75, 3.05) is 6.67 Å². The summed E-state index contributed by atoms with van der Waals surface area (Å²) in [5.74, 6) is -2.84.